The molecular weight excluding hydrogens is 272 g/mol. The topological polar surface area (TPSA) is 32.3 Å². The maximum atomic E-state index is 12.6. The third-order valence-electron chi connectivity index (χ3n) is 4.03. The highest BCUT2D eigenvalue weighted by Crippen LogP contribution is 2.19. The van der Waals surface area contributed by atoms with E-state index in [0.29, 0.717) is 10.9 Å². The number of carbonyl (C=O) groups is 1. The Morgan fingerprint density at radius 3 is 2.70 bits per heavy atom. The number of rotatable bonds is 4. The number of piperidine rings is 1. The zero-order valence-corrected chi connectivity index (χ0v) is 13.0. The summed E-state index contributed by atoms with van der Waals surface area (Å²) in [4.78, 5) is 14.6. The fourth-order valence-corrected chi connectivity index (χ4v) is 3.00. The molecule has 0 radical (unpaired) electrons. The van der Waals surface area contributed by atoms with E-state index in [-0.39, 0.29) is 5.91 Å². The van der Waals surface area contributed by atoms with E-state index in [1.807, 2.05) is 30.9 Å². The van der Waals surface area contributed by atoms with E-state index in [1.165, 1.54) is 0 Å². The van der Waals surface area contributed by atoms with E-state index < -0.39 is 0 Å². The highest BCUT2D eigenvalue weighted by Gasteiger charge is 2.21. The van der Waals surface area contributed by atoms with Crippen LogP contribution in [0.3, 0.4) is 0 Å². The molecule has 110 valence electrons. The van der Waals surface area contributed by atoms with Gasteiger partial charge in [-0.1, -0.05) is 11.6 Å². The van der Waals surface area contributed by atoms with Crippen molar-refractivity contribution in [1.29, 1.82) is 0 Å². The molecule has 0 atom stereocenters. The second-order valence-corrected chi connectivity index (χ2v) is 5.93. The Labute approximate surface area is 126 Å². The van der Waals surface area contributed by atoms with Crippen LogP contribution in [0.4, 0.5) is 0 Å². The molecule has 0 bridgehead atoms. The molecule has 1 aromatic carbocycles. The summed E-state index contributed by atoms with van der Waals surface area (Å²) < 4.78 is 0. The fraction of sp³-hybridized carbons (Fsp3) is 0.562. The van der Waals surface area contributed by atoms with E-state index >= 15 is 0 Å². The van der Waals surface area contributed by atoms with Gasteiger partial charge in [-0.05, 0) is 69.5 Å². The molecule has 0 aromatic heterocycles. The van der Waals surface area contributed by atoms with Crippen molar-refractivity contribution in [1.82, 2.24) is 10.2 Å². The van der Waals surface area contributed by atoms with Crippen LogP contribution in [0.1, 0.15) is 35.7 Å². The van der Waals surface area contributed by atoms with Crippen molar-refractivity contribution < 1.29 is 4.79 Å². The molecule has 1 aromatic rings. The Morgan fingerprint density at radius 2 is 2.10 bits per heavy atom. The van der Waals surface area contributed by atoms with Crippen LogP contribution >= 0.6 is 11.6 Å². The summed E-state index contributed by atoms with van der Waals surface area (Å²) in [6.45, 7) is 7.73. The van der Waals surface area contributed by atoms with Gasteiger partial charge in [-0.2, -0.15) is 0 Å². The summed E-state index contributed by atoms with van der Waals surface area (Å²) in [7, 11) is 0. The Bertz CT molecular complexity index is 470. The first-order valence-electron chi connectivity index (χ1n) is 7.38. The van der Waals surface area contributed by atoms with Gasteiger partial charge in [0.1, 0.15) is 0 Å². The van der Waals surface area contributed by atoms with E-state index in [0.717, 1.165) is 50.1 Å². The number of benzene rings is 1. The average molecular weight is 295 g/mol. The third kappa shape index (κ3) is 3.74. The Hall–Kier alpha value is -1.06. The summed E-state index contributed by atoms with van der Waals surface area (Å²) in [6.07, 6.45) is 2.31. The third-order valence-corrected chi connectivity index (χ3v) is 4.26. The van der Waals surface area contributed by atoms with Crippen LogP contribution in [0.2, 0.25) is 5.02 Å². The smallest absolute Gasteiger partial charge is 0.254 e. The van der Waals surface area contributed by atoms with Crippen LogP contribution in [0.15, 0.2) is 18.2 Å². The second kappa shape index (κ2) is 7.09. The standard InChI is InChI=1S/C16H23ClN2O/c1-3-19(11-13-6-8-18-9-7-13)16(20)15-5-4-14(17)10-12(15)2/h4-5,10,13,18H,3,6-9,11H2,1-2H3. The molecule has 0 unspecified atom stereocenters. The number of amides is 1. The molecule has 1 saturated heterocycles. The number of nitrogens with zero attached hydrogens (tertiary/aromatic N) is 1. The van der Waals surface area contributed by atoms with Gasteiger partial charge in [-0.15, -0.1) is 0 Å². The van der Waals surface area contributed by atoms with Crippen LogP contribution in [-0.4, -0.2) is 37.0 Å². The predicted octanol–water partition coefficient (Wildman–Crippen LogP) is 3.11. The van der Waals surface area contributed by atoms with Gasteiger partial charge in [-0.25, -0.2) is 0 Å². The van der Waals surface area contributed by atoms with E-state index in [9.17, 15) is 4.79 Å². The summed E-state index contributed by atoms with van der Waals surface area (Å²) >= 11 is 5.96. The Balaban J connectivity index is 2.07. The SMILES string of the molecule is CCN(CC1CCNCC1)C(=O)c1ccc(Cl)cc1C. The number of aryl methyl sites for hydroxylation is 1. The minimum atomic E-state index is 0.125. The van der Waals surface area contributed by atoms with Crippen molar-refractivity contribution in [2.75, 3.05) is 26.2 Å². The molecule has 0 spiro atoms. The number of hydrogen-bond acceptors (Lipinski definition) is 2. The first kappa shape index (κ1) is 15.3. The van der Waals surface area contributed by atoms with Crippen molar-refractivity contribution in [3.05, 3.63) is 34.3 Å². The number of hydrogen-bond donors (Lipinski definition) is 1. The highest BCUT2D eigenvalue weighted by molar-refractivity contribution is 6.30. The van der Waals surface area contributed by atoms with Crippen molar-refractivity contribution in [2.24, 2.45) is 5.92 Å². The molecular formula is C16H23ClN2O. The number of halogens is 1. The molecule has 0 saturated carbocycles. The van der Waals surface area contributed by atoms with Gasteiger partial charge in [0, 0.05) is 23.7 Å². The van der Waals surface area contributed by atoms with E-state index in [2.05, 4.69) is 5.32 Å². The first-order valence-corrected chi connectivity index (χ1v) is 7.75. The van der Waals surface area contributed by atoms with E-state index in [4.69, 9.17) is 11.6 Å². The lowest BCUT2D eigenvalue weighted by atomic mass is 9.97. The lowest BCUT2D eigenvalue weighted by molar-refractivity contribution is 0.0726. The zero-order chi connectivity index (χ0) is 14.5. The van der Waals surface area contributed by atoms with Gasteiger partial charge in [0.25, 0.3) is 5.91 Å². The maximum absolute atomic E-state index is 12.6. The minimum absolute atomic E-state index is 0.125. The summed E-state index contributed by atoms with van der Waals surface area (Å²) in [5.41, 5.74) is 1.72. The molecule has 1 amide bonds. The highest BCUT2D eigenvalue weighted by atomic mass is 35.5. The van der Waals surface area contributed by atoms with Gasteiger partial charge in [0.2, 0.25) is 0 Å². The summed E-state index contributed by atoms with van der Waals surface area (Å²) in [5, 5.41) is 4.05. The van der Waals surface area contributed by atoms with E-state index in [1.54, 1.807) is 6.07 Å². The van der Waals surface area contributed by atoms with Crippen molar-refractivity contribution in [3.63, 3.8) is 0 Å². The quantitative estimate of drug-likeness (QED) is 0.925. The van der Waals surface area contributed by atoms with Gasteiger partial charge in [0.15, 0.2) is 0 Å². The van der Waals surface area contributed by atoms with Crippen molar-refractivity contribution in [3.8, 4) is 0 Å². The normalized spacial score (nSPS) is 16.1. The van der Waals surface area contributed by atoms with Gasteiger partial charge in [-0.3, -0.25) is 4.79 Å². The maximum Gasteiger partial charge on any atom is 0.254 e. The molecule has 2 rings (SSSR count). The monoisotopic (exact) mass is 294 g/mol. The molecule has 0 aliphatic carbocycles. The van der Waals surface area contributed by atoms with Crippen LogP contribution < -0.4 is 5.32 Å². The lowest BCUT2D eigenvalue weighted by Gasteiger charge is -2.29. The summed E-state index contributed by atoms with van der Waals surface area (Å²) in [5.74, 6) is 0.743. The second-order valence-electron chi connectivity index (χ2n) is 5.50. The average Bonchev–Trinajstić information content (AvgIpc) is 2.45. The predicted molar refractivity (Wildman–Crippen MR) is 83.4 cm³/mol. The van der Waals surface area contributed by atoms with Crippen LogP contribution in [0, 0.1) is 12.8 Å². The molecule has 20 heavy (non-hydrogen) atoms. The Morgan fingerprint density at radius 1 is 1.40 bits per heavy atom. The molecule has 1 aliphatic heterocycles. The van der Waals surface area contributed by atoms with Crippen molar-refractivity contribution in [2.45, 2.75) is 26.7 Å². The largest absolute Gasteiger partial charge is 0.339 e. The first-order chi connectivity index (χ1) is 9.61. The molecule has 3 nitrogen and oxygen atoms in total. The molecule has 1 heterocycles. The van der Waals surface area contributed by atoms with Crippen LogP contribution in [0.5, 0.6) is 0 Å². The molecule has 4 heteroatoms. The Kier molecular flexibility index (Phi) is 5.44. The summed E-state index contributed by atoms with van der Waals surface area (Å²) in [6, 6.07) is 5.48. The lowest BCUT2D eigenvalue weighted by Crippen LogP contribution is -2.39. The minimum Gasteiger partial charge on any atom is -0.339 e. The zero-order valence-electron chi connectivity index (χ0n) is 12.3. The van der Waals surface area contributed by atoms with Crippen LogP contribution in [0.25, 0.3) is 0 Å². The van der Waals surface area contributed by atoms with Gasteiger partial charge in [0.05, 0.1) is 0 Å². The van der Waals surface area contributed by atoms with Crippen molar-refractivity contribution >= 4 is 17.5 Å². The van der Waals surface area contributed by atoms with Gasteiger partial charge < -0.3 is 10.2 Å². The van der Waals surface area contributed by atoms with Crippen LogP contribution in [-0.2, 0) is 0 Å². The number of nitrogens with one attached hydrogen (secondary N) is 1. The van der Waals surface area contributed by atoms with Gasteiger partial charge >= 0.3 is 0 Å². The molecule has 1 aliphatic rings. The molecule has 1 N–H and O–H groups in total. The number of carbonyl (C=O) groups excluding carboxylic acids is 1. The molecule has 1 fully saturated rings. The fourth-order valence-electron chi connectivity index (χ4n) is 2.77.